The molecule has 0 amide bonds. The monoisotopic (exact) mass is 257 g/mol. The SMILES string of the molecule is CN1CCCN(c2cc(Cl)c(F)cc2N)CC1. The molecule has 0 spiro atoms. The normalized spacial score (nSPS) is 18.2. The Morgan fingerprint density at radius 2 is 2.00 bits per heavy atom. The fourth-order valence-electron chi connectivity index (χ4n) is 2.11. The number of rotatable bonds is 1. The summed E-state index contributed by atoms with van der Waals surface area (Å²) in [5.74, 6) is -0.458. The molecule has 1 aromatic carbocycles. The molecule has 0 bridgehead atoms. The average Bonchev–Trinajstić information content (AvgIpc) is 2.49. The summed E-state index contributed by atoms with van der Waals surface area (Å²) in [6, 6.07) is 2.92. The van der Waals surface area contributed by atoms with Crippen molar-refractivity contribution in [1.82, 2.24) is 4.90 Å². The molecule has 0 saturated carbocycles. The Balaban J connectivity index is 2.24. The van der Waals surface area contributed by atoms with Gasteiger partial charge in [-0.3, -0.25) is 0 Å². The molecule has 17 heavy (non-hydrogen) atoms. The molecule has 0 atom stereocenters. The van der Waals surface area contributed by atoms with Gasteiger partial charge in [-0.1, -0.05) is 11.6 Å². The van der Waals surface area contributed by atoms with E-state index in [1.54, 1.807) is 6.07 Å². The number of nitrogen functional groups attached to an aromatic ring is 1. The van der Waals surface area contributed by atoms with Crippen molar-refractivity contribution in [2.75, 3.05) is 43.9 Å². The predicted octanol–water partition coefficient (Wildman–Crippen LogP) is 2.20. The maximum atomic E-state index is 13.2. The van der Waals surface area contributed by atoms with Gasteiger partial charge in [0.2, 0.25) is 0 Å². The van der Waals surface area contributed by atoms with Gasteiger partial charge in [-0.25, -0.2) is 4.39 Å². The fourth-order valence-corrected chi connectivity index (χ4v) is 2.27. The summed E-state index contributed by atoms with van der Waals surface area (Å²) < 4.78 is 13.2. The van der Waals surface area contributed by atoms with E-state index in [-0.39, 0.29) is 5.02 Å². The Morgan fingerprint density at radius 1 is 1.24 bits per heavy atom. The van der Waals surface area contributed by atoms with Crippen LogP contribution in [0.3, 0.4) is 0 Å². The lowest BCUT2D eigenvalue weighted by Gasteiger charge is -2.24. The molecule has 1 heterocycles. The van der Waals surface area contributed by atoms with Crippen LogP contribution in [0.1, 0.15) is 6.42 Å². The van der Waals surface area contributed by atoms with Crippen molar-refractivity contribution in [2.45, 2.75) is 6.42 Å². The van der Waals surface area contributed by atoms with Crippen molar-refractivity contribution in [3.8, 4) is 0 Å². The van der Waals surface area contributed by atoms with E-state index in [4.69, 9.17) is 17.3 Å². The summed E-state index contributed by atoms with van der Waals surface area (Å²) in [4.78, 5) is 4.45. The zero-order valence-electron chi connectivity index (χ0n) is 9.92. The largest absolute Gasteiger partial charge is 0.397 e. The lowest BCUT2D eigenvalue weighted by molar-refractivity contribution is 0.360. The maximum absolute atomic E-state index is 13.2. The minimum atomic E-state index is -0.458. The van der Waals surface area contributed by atoms with Crippen LogP contribution in [0.25, 0.3) is 0 Å². The molecule has 5 heteroatoms. The van der Waals surface area contributed by atoms with Gasteiger partial charge >= 0.3 is 0 Å². The minimum Gasteiger partial charge on any atom is -0.397 e. The van der Waals surface area contributed by atoms with E-state index >= 15 is 0 Å². The van der Waals surface area contributed by atoms with E-state index in [1.165, 1.54) is 6.07 Å². The second-order valence-electron chi connectivity index (χ2n) is 4.47. The summed E-state index contributed by atoms with van der Waals surface area (Å²) in [6.45, 7) is 3.87. The number of likely N-dealkylation sites (N-methyl/N-ethyl adjacent to an activating group) is 1. The number of halogens is 2. The molecule has 0 unspecified atom stereocenters. The Hall–Kier alpha value is -1.00. The lowest BCUT2D eigenvalue weighted by atomic mass is 10.2. The van der Waals surface area contributed by atoms with Gasteiger partial charge in [0.25, 0.3) is 0 Å². The second kappa shape index (κ2) is 5.10. The van der Waals surface area contributed by atoms with Gasteiger partial charge in [0.05, 0.1) is 16.4 Å². The first-order valence-corrected chi connectivity index (χ1v) is 6.14. The first-order chi connectivity index (χ1) is 8.08. The van der Waals surface area contributed by atoms with Gasteiger partial charge in [0, 0.05) is 25.7 Å². The highest BCUT2D eigenvalue weighted by Gasteiger charge is 2.16. The smallest absolute Gasteiger partial charge is 0.143 e. The quantitative estimate of drug-likeness (QED) is 0.783. The van der Waals surface area contributed by atoms with Crippen LogP contribution in [0.15, 0.2) is 12.1 Å². The van der Waals surface area contributed by atoms with Crippen LogP contribution in [0.5, 0.6) is 0 Å². The summed E-state index contributed by atoms with van der Waals surface area (Å²) in [7, 11) is 2.10. The number of anilines is 2. The molecular weight excluding hydrogens is 241 g/mol. The van der Waals surface area contributed by atoms with Gasteiger partial charge in [-0.2, -0.15) is 0 Å². The fraction of sp³-hybridized carbons (Fsp3) is 0.500. The van der Waals surface area contributed by atoms with Gasteiger partial charge in [0.1, 0.15) is 5.82 Å². The number of nitrogens with two attached hydrogens (primary N) is 1. The number of hydrogen-bond donors (Lipinski definition) is 1. The van der Waals surface area contributed by atoms with Crippen LogP contribution in [0, 0.1) is 5.82 Å². The van der Waals surface area contributed by atoms with Crippen molar-refractivity contribution >= 4 is 23.0 Å². The van der Waals surface area contributed by atoms with Crippen molar-refractivity contribution < 1.29 is 4.39 Å². The first kappa shape index (κ1) is 12.5. The summed E-state index contributed by atoms with van der Waals surface area (Å²) in [5, 5.41) is 0.131. The maximum Gasteiger partial charge on any atom is 0.143 e. The molecule has 1 saturated heterocycles. The molecule has 2 rings (SSSR count). The highest BCUT2D eigenvalue weighted by atomic mass is 35.5. The van der Waals surface area contributed by atoms with E-state index in [0.29, 0.717) is 5.69 Å². The molecule has 0 aromatic heterocycles. The number of benzene rings is 1. The molecular formula is C12H17ClFN3. The van der Waals surface area contributed by atoms with Crippen LogP contribution in [0.4, 0.5) is 15.8 Å². The van der Waals surface area contributed by atoms with E-state index in [9.17, 15) is 4.39 Å². The van der Waals surface area contributed by atoms with Crippen molar-refractivity contribution in [1.29, 1.82) is 0 Å². The zero-order chi connectivity index (χ0) is 12.4. The number of hydrogen-bond acceptors (Lipinski definition) is 3. The molecule has 3 nitrogen and oxygen atoms in total. The molecule has 1 aliphatic heterocycles. The average molecular weight is 258 g/mol. The van der Waals surface area contributed by atoms with Crippen LogP contribution in [-0.2, 0) is 0 Å². The Morgan fingerprint density at radius 3 is 2.76 bits per heavy atom. The zero-order valence-corrected chi connectivity index (χ0v) is 10.7. The van der Waals surface area contributed by atoms with Crippen LogP contribution in [0.2, 0.25) is 5.02 Å². The van der Waals surface area contributed by atoms with E-state index in [2.05, 4.69) is 16.8 Å². The first-order valence-electron chi connectivity index (χ1n) is 5.76. The molecule has 0 aliphatic carbocycles. The molecule has 1 fully saturated rings. The van der Waals surface area contributed by atoms with Crippen LogP contribution >= 0.6 is 11.6 Å². The standard InChI is InChI=1S/C12H17ClFN3/c1-16-3-2-4-17(6-5-16)12-7-9(13)10(14)8-11(12)15/h7-8H,2-6,15H2,1H3. The third-order valence-corrected chi connectivity index (χ3v) is 3.42. The highest BCUT2D eigenvalue weighted by molar-refractivity contribution is 6.31. The summed E-state index contributed by atoms with van der Waals surface area (Å²) >= 11 is 5.81. The molecule has 1 aliphatic rings. The topological polar surface area (TPSA) is 32.5 Å². The van der Waals surface area contributed by atoms with Crippen LogP contribution < -0.4 is 10.6 Å². The van der Waals surface area contributed by atoms with Crippen molar-refractivity contribution in [3.63, 3.8) is 0 Å². The Bertz CT molecular complexity index is 411. The van der Waals surface area contributed by atoms with Gasteiger partial charge < -0.3 is 15.5 Å². The molecule has 1 aromatic rings. The van der Waals surface area contributed by atoms with E-state index in [0.717, 1.165) is 38.3 Å². The van der Waals surface area contributed by atoms with Crippen LogP contribution in [-0.4, -0.2) is 38.1 Å². The molecule has 2 N–H and O–H groups in total. The Labute approximate surface area is 106 Å². The predicted molar refractivity (Wildman–Crippen MR) is 70.1 cm³/mol. The van der Waals surface area contributed by atoms with E-state index in [1.807, 2.05) is 0 Å². The summed E-state index contributed by atoms with van der Waals surface area (Å²) in [5.41, 5.74) is 7.15. The van der Waals surface area contributed by atoms with Crippen molar-refractivity contribution in [3.05, 3.63) is 23.0 Å². The minimum absolute atomic E-state index is 0.131. The third kappa shape index (κ3) is 2.82. The van der Waals surface area contributed by atoms with Crippen molar-refractivity contribution in [2.24, 2.45) is 0 Å². The third-order valence-electron chi connectivity index (χ3n) is 3.13. The van der Waals surface area contributed by atoms with E-state index < -0.39 is 5.82 Å². The van der Waals surface area contributed by atoms with Gasteiger partial charge in [-0.05, 0) is 26.1 Å². The summed E-state index contributed by atoms with van der Waals surface area (Å²) in [6.07, 6.45) is 1.07. The molecule has 94 valence electrons. The Kier molecular flexibility index (Phi) is 3.74. The number of nitrogens with zero attached hydrogens (tertiary/aromatic N) is 2. The highest BCUT2D eigenvalue weighted by Crippen LogP contribution is 2.30. The van der Waals surface area contributed by atoms with Gasteiger partial charge in [0.15, 0.2) is 0 Å². The lowest BCUT2D eigenvalue weighted by Crippen LogP contribution is -2.29. The molecule has 0 radical (unpaired) electrons. The van der Waals surface area contributed by atoms with Gasteiger partial charge in [-0.15, -0.1) is 0 Å². The second-order valence-corrected chi connectivity index (χ2v) is 4.88.